The lowest BCUT2D eigenvalue weighted by molar-refractivity contribution is 0.341. The van der Waals surface area contributed by atoms with E-state index >= 15 is 0 Å². The Morgan fingerprint density at radius 3 is 2.55 bits per heavy atom. The van der Waals surface area contributed by atoms with Gasteiger partial charge in [-0.25, -0.2) is 13.4 Å². The fourth-order valence-electron chi connectivity index (χ4n) is 6.09. The molecule has 5 rings (SSSR count). The highest BCUT2D eigenvalue weighted by Gasteiger charge is 2.27. The highest BCUT2D eigenvalue weighted by molar-refractivity contribution is 7.90. The number of benzene rings is 1. The Morgan fingerprint density at radius 1 is 1.13 bits per heavy atom. The van der Waals surface area contributed by atoms with Gasteiger partial charge in [-0.3, -0.25) is 9.36 Å². The van der Waals surface area contributed by atoms with Crippen molar-refractivity contribution in [2.45, 2.75) is 63.5 Å². The molecule has 38 heavy (non-hydrogen) atoms. The third-order valence-electron chi connectivity index (χ3n) is 8.05. The molecule has 0 bridgehead atoms. The molecule has 2 heterocycles. The van der Waals surface area contributed by atoms with Crippen LogP contribution in [0.3, 0.4) is 0 Å². The Morgan fingerprint density at radius 2 is 1.87 bits per heavy atom. The smallest absolute Gasteiger partial charge is 0.253 e. The Labute approximate surface area is 224 Å². The first-order chi connectivity index (χ1) is 18.2. The quantitative estimate of drug-likeness (QED) is 0.441. The average molecular weight is 534 g/mol. The van der Waals surface area contributed by atoms with E-state index < -0.39 is 9.84 Å². The van der Waals surface area contributed by atoms with E-state index in [-0.39, 0.29) is 23.3 Å². The number of nitrogens with zero attached hydrogens (tertiary/aromatic N) is 4. The van der Waals surface area contributed by atoms with Crippen LogP contribution >= 0.6 is 0 Å². The topological polar surface area (TPSA) is 97.2 Å². The number of hydrogen-bond donors (Lipinski definition) is 1. The molecule has 0 saturated heterocycles. The summed E-state index contributed by atoms with van der Waals surface area (Å²) in [5.41, 5.74) is 2.90. The van der Waals surface area contributed by atoms with Gasteiger partial charge < -0.3 is 10.2 Å². The van der Waals surface area contributed by atoms with Crippen molar-refractivity contribution >= 4 is 38.2 Å². The highest BCUT2D eigenvalue weighted by Crippen LogP contribution is 2.33. The van der Waals surface area contributed by atoms with Gasteiger partial charge in [0.05, 0.1) is 11.1 Å². The van der Waals surface area contributed by atoms with Crippen LogP contribution in [0, 0.1) is 18.3 Å². The number of sulfone groups is 1. The van der Waals surface area contributed by atoms with Crippen LogP contribution in [0.15, 0.2) is 41.3 Å². The minimum absolute atomic E-state index is 0.114. The number of pyridine rings is 1. The van der Waals surface area contributed by atoms with E-state index in [4.69, 9.17) is 11.4 Å². The normalized spacial score (nSPS) is 20.3. The Balaban J connectivity index is 1.36. The van der Waals surface area contributed by atoms with Gasteiger partial charge in [-0.1, -0.05) is 24.8 Å². The molecule has 2 fully saturated rings. The van der Waals surface area contributed by atoms with E-state index in [1.807, 2.05) is 12.1 Å². The first-order valence-electron chi connectivity index (χ1n) is 13.4. The largest absolute Gasteiger partial charge is 0.372 e. The number of hydrogen-bond acceptors (Lipinski definition) is 7. The Bertz CT molecular complexity index is 1530. The molecule has 3 aromatic rings. The van der Waals surface area contributed by atoms with Gasteiger partial charge in [0.2, 0.25) is 5.95 Å². The molecule has 0 amide bonds. The second kappa shape index (κ2) is 10.8. The zero-order chi connectivity index (χ0) is 26.9. The van der Waals surface area contributed by atoms with Crippen LogP contribution in [0.1, 0.15) is 63.0 Å². The second-order valence-corrected chi connectivity index (χ2v) is 13.0. The molecule has 0 unspecified atom stereocenters. The minimum Gasteiger partial charge on any atom is -0.372 e. The molecule has 9 heteroatoms. The van der Waals surface area contributed by atoms with E-state index in [0.29, 0.717) is 28.6 Å². The summed E-state index contributed by atoms with van der Waals surface area (Å²) >= 11 is 0. The fraction of sp³-hybridized carbons (Fsp3) is 0.483. The maximum atomic E-state index is 13.0. The van der Waals surface area contributed by atoms with Crippen molar-refractivity contribution in [2.24, 2.45) is 5.92 Å². The maximum Gasteiger partial charge on any atom is 0.253 e. The van der Waals surface area contributed by atoms with Crippen molar-refractivity contribution in [1.82, 2.24) is 14.5 Å². The molecule has 0 spiro atoms. The van der Waals surface area contributed by atoms with Crippen LogP contribution in [0.25, 0.3) is 11.0 Å². The minimum atomic E-state index is -2.94. The van der Waals surface area contributed by atoms with E-state index in [1.165, 1.54) is 12.3 Å². The lowest BCUT2D eigenvalue weighted by Crippen LogP contribution is -2.36. The number of anilines is 3. The van der Waals surface area contributed by atoms with E-state index in [2.05, 4.69) is 40.3 Å². The average Bonchev–Trinajstić information content (AvgIpc) is 3.42. The molecule has 2 aliphatic rings. The van der Waals surface area contributed by atoms with Crippen molar-refractivity contribution in [2.75, 3.05) is 29.3 Å². The Kier molecular flexibility index (Phi) is 7.44. The van der Waals surface area contributed by atoms with Crippen molar-refractivity contribution in [3.63, 3.8) is 0 Å². The molecule has 2 aromatic heterocycles. The summed E-state index contributed by atoms with van der Waals surface area (Å²) in [5, 5.41) is 4.03. The molecule has 8 nitrogen and oxygen atoms in total. The molecular formula is C29H35N5O3S. The maximum absolute atomic E-state index is 13.0. The van der Waals surface area contributed by atoms with Gasteiger partial charge in [0.25, 0.3) is 5.56 Å². The predicted molar refractivity (Wildman–Crippen MR) is 153 cm³/mol. The molecule has 1 aromatic carbocycles. The van der Waals surface area contributed by atoms with Crippen LogP contribution in [0.2, 0.25) is 0 Å². The van der Waals surface area contributed by atoms with Crippen molar-refractivity contribution in [3.8, 4) is 12.3 Å². The van der Waals surface area contributed by atoms with Crippen molar-refractivity contribution in [3.05, 3.63) is 52.4 Å². The summed E-state index contributed by atoms with van der Waals surface area (Å²) in [6.07, 6.45) is 16.6. The zero-order valence-corrected chi connectivity index (χ0v) is 22.9. The van der Waals surface area contributed by atoms with Gasteiger partial charge in [-0.15, -0.1) is 6.42 Å². The third kappa shape index (κ3) is 5.70. The molecule has 0 radical (unpaired) electrons. The summed E-state index contributed by atoms with van der Waals surface area (Å²) in [4.78, 5) is 24.5. The van der Waals surface area contributed by atoms with Crippen LogP contribution in [0.4, 0.5) is 17.3 Å². The van der Waals surface area contributed by atoms with Crippen LogP contribution in [-0.2, 0) is 9.84 Å². The molecular weight excluding hydrogens is 498 g/mol. The van der Waals surface area contributed by atoms with Gasteiger partial charge >= 0.3 is 0 Å². The Hall–Kier alpha value is -3.38. The molecule has 200 valence electrons. The number of terminal acetylenes is 1. The monoisotopic (exact) mass is 533 g/mol. The van der Waals surface area contributed by atoms with Gasteiger partial charge in [0.1, 0.15) is 15.5 Å². The third-order valence-corrected chi connectivity index (χ3v) is 9.13. The first-order valence-corrected chi connectivity index (χ1v) is 15.4. The molecule has 0 aliphatic heterocycles. The first kappa shape index (κ1) is 26.2. The zero-order valence-electron chi connectivity index (χ0n) is 22.1. The van der Waals surface area contributed by atoms with Crippen LogP contribution in [0.5, 0.6) is 0 Å². The van der Waals surface area contributed by atoms with E-state index in [1.54, 1.807) is 10.8 Å². The van der Waals surface area contributed by atoms with Crippen LogP contribution in [-0.4, -0.2) is 48.1 Å². The summed E-state index contributed by atoms with van der Waals surface area (Å²) in [6.45, 7) is 0. The van der Waals surface area contributed by atoms with Gasteiger partial charge in [0.15, 0.2) is 0 Å². The number of aromatic nitrogens is 3. The van der Waals surface area contributed by atoms with Gasteiger partial charge in [-0.2, -0.15) is 4.98 Å². The van der Waals surface area contributed by atoms with Crippen LogP contribution < -0.4 is 15.8 Å². The summed E-state index contributed by atoms with van der Waals surface area (Å²) in [6, 6.07) is 10.1. The van der Waals surface area contributed by atoms with E-state index in [0.717, 1.165) is 62.7 Å². The number of nitrogens with one attached hydrogen (secondary N) is 1. The predicted octanol–water partition coefficient (Wildman–Crippen LogP) is 4.67. The molecule has 1 N–H and O–H groups in total. The standard InChI is InChI=1S/C29H35N5O3S/c1-4-21-16-27(35)34(24-9-5-6-10-24)28-26(21)18-30-29(32-28)31-22-8-7-11-25(17-22)33(2)23-14-12-20(13-15-23)19-38(3,36)37/h1,7-8,11,16-18,20,23-24H,5-6,9-10,12-15,19H2,2-3H3,(H,30,31,32). The lowest BCUT2D eigenvalue weighted by Gasteiger charge is -2.36. The SMILES string of the molecule is C#Cc1cc(=O)n(C2CCCC2)c2nc(Nc3cccc(N(C)C4CCC(CS(C)(=O)=O)CC4)c3)ncc12. The summed E-state index contributed by atoms with van der Waals surface area (Å²) in [5.74, 6) is 3.57. The second-order valence-electron chi connectivity index (χ2n) is 10.8. The van der Waals surface area contributed by atoms with Crippen molar-refractivity contribution < 1.29 is 8.42 Å². The lowest BCUT2D eigenvalue weighted by atomic mass is 9.86. The van der Waals surface area contributed by atoms with Gasteiger partial charge in [-0.05, 0) is 62.6 Å². The van der Waals surface area contributed by atoms with Crippen molar-refractivity contribution in [1.29, 1.82) is 0 Å². The van der Waals surface area contributed by atoms with E-state index in [9.17, 15) is 13.2 Å². The number of rotatable bonds is 7. The fourth-order valence-corrected chi connectivity index (χ4v) is 7.28. The summed E-state index contributed by atoms with van der Waals surface area (Å²) < 4.78 is 25.1. The molecule has 2 saturated carbocycles. The molecule has 2 aliphatic carbocycles. The van der Waals surface area contributed by atoms with Gasteiger partial charge in [0, 0.05) is 54.6 Å². The number of fused-ring (bicyclic) bond motifs is 1. The molecule has 0 atom stereocenters. The summed E-state index contributed by atoms with van der Waals surface area (Å²) in [7, 11) is -0.847. The highest BCUT2D eigenvalue weighted by atomic mass is 32.2.